The van der Waals surface area contributed by atoms with Gasteiger partial charge in [0.25, 0.3) is 0 Å². The van der Waals surface area contributed by atoms with E-state index < -0.39 is 5.83 Å². The first-order valence-electron chi connectivity index (χ1n) is 6.08. The van der Waals surface area contributed by atoms with Crippen molar-refractivity contribution < 1.29 is 4.39 Å². The molecule has 0 saturated heterocycles. The van der Waals surface area contributed by atoms with Gasteiger partial charge >= 0.3 is 0 Å². The van der Waals surface area contributed by atoms with Crippen molar-refractivity contribution in [2.75, 3.05) is 0 Å². The molecule has 18 heavy (non-hydrogen) atoms. The van der Waals surface area contributed by atoms with Crippen LogP contribution in [0.15, 0.2) is 59.3 Å². The maximum Gasteiger partial charge on any atom is 0.147 e. The van der Waals surface area contributed by atoms with Crippen molar-refractivity contribution in [3.63, 3.8) is 0 Å². The van der Waals surface area contributed by atoms with Crippen LogP contribution >= 0.6 is 0 Å². The Balaban J connectivity index is 5.63. The van der Waals surface area contributed by atoms with Crippen molar-refractivity contribution >= 4 is 0 Å². The molecular formula is C15H23FN2. The third-order valence-electron chi connectivity index (χ3n) is 2.59. The normalized spacial score (nSPS) is 14.9. The summed E-state index contributed by atoms with van der Waals surface area (Å²) in [5.41, 5.74) is 13.5. The summed E-state index contributed by atoms with van der Waals surface area (Å²) >= 11 is 0. The summed E-state index contributed by atoms with van der Waals surface area (Å²) in [6.07, 6.45) is 8.41. The molecule has 0 unspecified atom stereocenters. The molecule has 0 rings (SSSR count). The molecule has 0 fully saturated rings. The van der Waals surface area contributed by atoms with Crippen LogP contribution in [-0.4, -0.2) is 0 Å². The molecule has 0 saturated carbocycles. The highest BCUT2D eigenvalue weighted by Gasteiger charge is 2.12. The minimum atomic E-state index is -0.586. The van der Waals surface area contributed by atoms with Crippen LogP contribution in [0.3, 0.4) is 0 Å². The maximum absolute atomic E-state index is 13.4. The number of rotatable bonds is 6. The van der Waals surface area contributed by atoms with Gasteiger partial charge in [-0.15, -0.1) is 0 Å². The number of nitrogens with two attached hydrogens (primary N) is 2. The number of hydrogen-bond donors (Lipinski definition) is 2. The van der Waals surface area contributed by atoms with Crippen LogP contribution in [0.4, 0.5) is 4.39 Å². The number of halogens is 1. The average molecular weight is 250 g/mol. The van der Waals surface area contributed by atoms with Crippen LogP contribution in [0.2, 0.25) is 0 Å². The summed E-state index contributed by atoms with van der Waals surface area (Å²) < 4.78 is 13.4. The van der Waals surface area contributed by atoms with Gasteiger partial charge < -0.3 is 11.5 Å². The predicted octanol–water partition coefficient (Wildman–Crippen LogP) is 3.85. The topological polar surface area (TPSA) is 52.0 Å². The minimum absolute atomic E-state index is 0.143. The van der Waals surface area contributed by atoms with Gasteiger partial charge in [-0.25, -0.2) is 4.39 Å². The summed E-state index contributed by atoms with van der Waals surface area (Å²) in [5.74, 6) is -0.586. The minimum Gasteiger partial charge on any atom is -0.402 e. The second-order valence-corrected chi connectivity index (χ2v) is 3.88. The lowest BCUT2D eigenvalue weighted by molar-refractivity contribution is 0.650. The molecule has 0 aromatic rings. The Morgan fingerprint density at radius 1 is 1.33 bits per heavy atom. The van der Waals surface area contributed by atoms with Crippen LogP contribution in [0.1, 0.15) is 33.6 Å². The Labute approximate surface area is 109 Å². The molecule has 0 spiro atoms. The van der Waals surface area contributed by atoms with Crippen LogP contribution in [0.25, 0.3) is 0 Å². The van der Waals surface area contributed by atoms with Crippen LogP contribution in [-0.2, 0) is 0 Å². The van der Waals surface area contributed by atoms with Gasteiger partial charge in [0.2, 0.25) is 0 Å². The van der Waals surface area contributed by atoms with E-state index in [1.54, 1.807) is 0 Å². The zero-order valence-corrected chi connectivity index (χ0v) is 11.5. The van der Waals surface area contributed by atoms with E-state index in [2.05, 4.69) is 6.58 Å². The Bertz CT molecular complexity index is 412. The molecule has 0 heterocycles. The number of allylic oxidation sites excluding steroid dienone is 6. The molecule has 0 aliphatic heterocycles. The quantitative estimate of drug-likeness (QED) is 0.703. The molecule has 0 aromatic heterocycles. The predicted molar refractivity (Wildman–Crippen MR) is 77.2 cm³/mol. The van der Waals surface area contributed by atoms with Crippen molar-refractivity contribution in [1.29, 1.82) is 0 Å². The van der Waals surface area contributed by atoms with Crippen molar-refractivity contribution in [3.05, 3.63) is 59.3 Å². The Morgan fingerprint density at radius 3 is 2.33 bits per heavy atom. The van der Waals surface area contributed by atoms with Crippen molar-refractivity contribution in [3.8, 4) is 0 Å². The SMILES string of the molecule is C=C(/C(F)=C\N)\C(N)=C(CCC)/C(/C=C\C)=C/C. The summed E-state index contributed by atoms with van der Waals surface area (Å²) in [6.45, 7) is 9.55. The van der Waals surface area contributed by atoms with E-state index in [1.807, 2.05) is 39.0 Å². The van der Waals surface area contributed by atoms with Gasteiger partial charge in [0.15, 0.2) is 0 Å². The van der Waals surface area contributed by atoms with Gasteiger partial charge in [-0.3, -0.25) is 0 Å². The Kier molecular flexibility index (Phi) is 7.52. The maximum atomic E-state index is 13.4. The smallest absolute Gasteiger partial charge is 0.147 e. The van der Waals surface area contributed by atoms with E-state index in [0.717, 1.165) is 30.2 Å². The van der Waals surface area contributed by atoms with E-state index in [0.29, 0.717) is 5.70 Å². The summed E-state index contributed by atoms with van der Waals surface area (Å²) in [7, 11) is 0. The first-order valence-corrected chi connectivity index (χ1v) is 6.08. The first-order chi connectivity index (χ1) is 8.53. The molecule has 0 radical (unpaired) electrons. The Hall–Kier alpha value is -1.77. The van der Waals surface area contributed by atoms with Gasteiger partial charge in [-0.05, 0) is 31.4 Å². The molecule has 0 bridgehead atoms. The van der Waals surface area contributed by atoms with E-state index in [1.165, 1.54) is 0 Å². The summed E-state index contributed by atoms with van der Waals surface area (Å²) in [6, 6.07) is 0. The monoisotopic (exact) mass is 250 g/mol. The lowest BCUT2D eigenvalue weighted by Gasteiger charge is -2.13. The molecule has 3 heteroatoms. The first kappa shape index (κ1) is 16.2. The fraction of sp³-hybridized carbons (Fsp3) is 0.333. The fourth-order valence-electron chi connectivity index (χ4n) is 1.65. The van der Waals surface area contributed by atoms with Crippen LogP contribution in [0.5, 0.6) is 0 Å². The zero-order chi connectivity index (χ0) is 14.1. The molecular weight excluding hydrogens is 227 g/mol. The second kappa shape index (κ2) is 8.34. The standard InChI is InChI=1S/C15H23FN2/c1-5-8-12(7-3)13(9-6-2)15(18)11(4)14(16)10-17/h5,7-8,10H,4,6,9,17-18H2,1-3H3/b8-5-,12-7+,14-10+,15-13+. The third kappa shape index (κ3) is 4.24. The van der Waals surface area contributed by atoms with Gasteiger partial charge in [0.05, 0.1) is 0 Å². The number of hydrogen-bond acceptors (Lipinski definition) is 2. The molecule has 0 amide bonds. The van der Waals surface area contributed by atoms with E-state index in [4.69, 9.17) is 11.5 Å². The second-order valence-electron chi connectivity index (χ2n) is 3.88. The summed E-state index contributed by atoms with van der Waals surface area (Å²) in [5, 5.41) is 0. The van der Waals surface area contributed by atoms with Crippen molar-refractivity contribution in [2.45, 2.75) is 33.6 Å². The van der Waals surface area contributed by atoms with Crippen molar-refractivity contribution in [2.24, 2.45) is 11.5 Å². The lowest BCUT2D eigenvalue weighted by atomic mass is 9.95. The largest absolute Gasteiger partial charge is 0.402 e. The highest BCUT2D eigenvalue weighted by molar-refractivity contribution is 5.51. The highest BCUT2D eigenvalue weighted by atomic mass is 19.1. The van der Waals surface area contributed by atoms with E-state index >= 15 is 0 Å². The Morgan fingerprint density at radius 2 is 1.94 bits per heavy atom. The summed E-state index contributed by atoms with van der Waals surface area (Å²) in [4.78, 5) is 0. The fourth-order valence-corrected chi connectivity index (χ4v) is 1.65. The van der Waals surface area contributed by atoms with Crippen LogP contribution < -0.4 is 11.5 Å². The molecule has 100 valence electrons. The molecule has 0 aliphatic carbocycles. The van der Waals surface area contributed by atoms with Gasteiger partial charge in [0.1, 0.15) is 5.83 Å². The van der Waals surface area contributed by atoms with Gasteiger partial charge in [0, 0.05) is 17.5 Å². The zero-order valence-electron chi connectivity index (χ0n) is 11.5. The molecule has 0 atom stereocenters. The van der Waals surface area contributed by atoms with Crippen LogP contribution in [0, 0.1) is 0 Å². The van der Waals surface area contributed by atoms with E-state index in [9.17, 15) is 4.39 Å². The molecule has 0 aliphatic rings. The third-order valence-corrected chi connectivity index (χ3v) is 2.59. The lowest BCUT2D eigenvalue weighted by Crippen LogP contribution is -2.08. The average Bonchev–Trinajstić information content (AvgIpc) is 2.40. The van der Waals surface area contributed by atoms with Gasteiger partial charge in [-0.1, -0.05) is 38.2 Å². The van der Waals surface area contributed by atoms with Gasteiger partial charge in [-0.2, -0.15) is 0 Å². The molecule has 4 N–H and O–H groups in total. The molecule has 0 aromatic carbocycles. The van der Waals surface area contributed by atoms with Crippen molar-refractivity contribution in [1.82, 2.24) is 0 Å². The highest BCUT2D eigenvalue weighted by Crippen LogP contribution is 2.25. The molecule has 2 nitrogen and oxygen atoms in total. The van der Waals surface area contributed by atoms with E-state index in [-0.39, 0.29) is 5.57 Å².